The fraction of sp³-hybridized carbons (Fsp3) is 0.320. The molecule has 2 fully saturated rings. The number of rotatable bonds is 2. The number of hydrogen-bond acceptors (Lipinski definition) is 4. The van der Waals surface area contributed by atoms with Gasteiger partial charge in [0, 0.05) is 35.9 Å². The Morgan fingerprint density at radius 3 is 2.72 bits per heavy atom. The smallest absolute Gasteiger partial charge is 0.254 e. The van der Waals surface area contributed by atoms with Gasteiger partial charge in [0.25, 0.3) is 11.8 Å². The molecule has 7 heteroatoms. The lowest BCUT2D eigenvalue weighted by molar-refractivity contribution is -0.140. The summed E-state index contributed by atoms with van der Waals surface area (Å²) in [5.74, 6) is -0.484. The summed E-state index contributed by atoms with van der Waals surface area (Å²) in [5, 5.41) is 0.848. The SMILES string of the molecule is O=C(c1cccc2ncccc12)N1CCC[C@@]2(CC1)CN(c1ccc(F)cc1)C(=O)CO2. The second kappa shape index (κ2) is 8.31. The van der Waals surface area contributed by atoms with Crippen LogP contribution in [0.15, 0.2) is 60.8 Å². The van der Waals surface area contributed by atoms with Crippen LogP contribution in [0.4, 0.5) is 10.1 Å². The van der Waals surface area contributed by atoms with Crippen LogP contribution in [0.5, 0.6) is 0 Å². The van der Waals surface area contributed by atoms with Crippen molar-refractivity contribution in [2.45, 2.75) is 24.9 Å². The van der Waals surface area contributed by atoms with Gasteiger partial charge in [0.2, 0.25) is 0 Å². The van der Waals surface area contributed by atoms with Crippen LogP contribution in [0, 0.1) is 5.82 Å². The lowest BCUT2D eigenvalue weighted by atomic mass is 9.92. The molecule has 2 aromatic carbocycles. The van der Waals surface area contributed by atoms with Crippen LogP contribution in [0.2, 0.25) is 0 Å². The number of likely N-dealkylation sites (tertiary alicyclic amines) is 1. The highest BCUT2D eigenvalue weighted by Gasteiger charge is 2.42. The Morgan fingerprint density at radius 1 is 1.03 bits per heavy atom. The zero-order valence-corrected chi connectivity index (χ0v) is 17.7. The van der Waals surface area contributed by atoms with Crippen LogP contribution < -0.4 is 4.90 Å². The molecule has 32 heavy (non-hydrogen) atoms. The standard InChI is InChI=1S/C25H24FN3O3/c26-18-7-9-19(10-8-18)29-17-25(32-16-23(29)30)11-3-14-28(15-12-25)24(31)21-4-1-6-22-20(21)5-2-13-27-22/h1-2,4-10,13H,3,11-12,14-17H2/t25-/m1/s1. The predicted molar refractivity (Wildman–Crippen MR) is 119 cm³/mol. The van der Waals surface area contributed by atoms with Gasteiger partial charge >= 0.3 is 0 Å². The maximum Gasteiger partial charge on any atom is 0.254 e. The van der Waals surface area contributed by atoms with Crippen LogP contribution in [0.25, 0.3) is 10.9 Å². The topological polar surface area (TPSA) is 62.7 Å². The molecule has 0 radical (unpaired) electrons. The second-order valence-corrected chi connectivity index (χ2v) is 8.45. The summed E-state index contributed by atoms with van der Waals surface area (Å²) in [5.41, 5.74) is 1.60. The van der Waals surface area contributed by atoms with Crippen molar-refractivity contribution in [1.82, 2.24) is 9.88 Å². The van der Waals surface area contributed by atoms with E-state index in [1.165, 1.54) is 12.1 Å². The van der Waals surface area contributed by atoms with Crippen molar-refractivity contribution < 1.29 is 18.7 Å². The molecule has 0 bridgehead atoms. The Morgan fingerprint density at radius 2 is 1.88 bits per heavy atom. The van der Waals surface area contributed by atoms with E-state index in [0.717, 1.165) is 23.7 Å². The molecule has 1 spiro atoms. The van der Waals surface area contributed by atoms with Crippen molar-refractivity contribution in [2.75, 3.05) is 31.1 Å². The first-order chi connectivity index (χ1) is 15.5. The predicted octanol–water partition coefficient (Wildman–Crippen LogP) is 3.80. The summed E-state index contributed by atoms with van der Waals surface area (Å²) in [7, 11) is 0. The van der Waals surface area contributed by atoms with E-state index in [1.54, 1.807) is 23.2 Å². The fourth-order valence-electron chi connectivity index (χ4n) is 4.70. The number of amides is 2. The van der Waals surface area contributed by atoms with E-state index in [2.05, 4.69) is 4.98 Å². The van der Waals surface area contributed by atoms with Crippen molar-refractivity contribution >= 4 is 28.4 Å². The lowest BCUT2D eigenvalue weighted by Crippen LogP contribution is -2.55. The molecule has 2 amide bonds. The number of fused-ring (bicyclic) bond motifs is 1. The Bertz CT molecular complexity index is 1160. The molecule has 2 aliphatic rings. The minimum atomic E-state index is -0.516. The van der Waals surface area contributed by atoms with Gasteiger partial charge in [0.15, 0.2) is 0 Å². The molecule has 0 saturated carbocycles. The Balaban J connectivity index is 1.35. The van der Waals surface area contributed by atoms with Gasteiger partial charge in [-0.1, -0.05) is 12.1 Å². The molecule has 5 rings (SSSR count). The first-order valence-corrected chi connectivity index (χ1v) is 10.9. The molecule has 2 saturated heterocycles. The molecule has 164 valence electrons. The van der Waals surface area contributed by atoms with Crippen LogP contribution in [0.1, 0.15) is 29.6 Å². The lowest BCUT2D eigenvalue weighted by Gasteiger charge is -2.42. The largest absolute Gasteiger partial charge is 0.363 e. The number of carbonyl (C=O) groups excluding carboxylic acids is 2. The van der Waals surface area contributed by atoms with Gasteiger partial charge in [0.05, 0.1) is 17.7 Å². The van der Waals surface area contributed by atoms with E-state index in [4.69, 9.17) is 4.74 Å². The minimum Gasteiger partial charge on any atom is -0.363 e. The average molecular weight is 433 g/mol. The monoisotopic (exact) mass is 433 g/mol. The Labute approximate surface area is 185 Å². The molecule has 0 N–H and O–H groups in total. The van der Waals surface area contributed by atoms with E-state index >= 15 is 0 Å². The van der Waals surface area contributed by atoms with Gasteiger partial charge in [-0.2, -0.15) is 0 Å². The number of hydrogen-bond donors (Lipinski definition) is 0. The molecule has 0 unspecified atom stereocenters. The van der Waals surface area contributed by atoms with E-state index in [1.807, 2.05) is 35.2 Å². The highest BCUT2D eigenvalue weighted by atomic mass is 19.1. The summed E-state index contributed by atoms with van der Waals surface area (Å²) in [4.78, 5) is 33.8. The average Bonchev–Trinajstić information content (AvgIpc) is 3.03. The summed E-state index contributed by atoms with van der Waals surface area (Å²) < 4.78 is 19.4. The minimum absolute atomic E-state index is 0.0112. The summed E-state index contributed by atoms with van der Waals surface area (Å²) in [6.45, 7) is 1.56. The number of carbonyl (C=O) groups is 2. The first-order valence-electron chi connectivity index (χ1n) is 10.9. The van der Waals surface area contributed by atoms with E-state index in [0.29, 0.717) is 37.3 Å². The molecular weight excluding hydrogens is 409 g/mol. The van der Waals surface area contributed by atoms with E-state index < -0.39 is 5.60 Å². The first kappa shape index (κ1) is 20.6. The number of nitrogens with zero attached hydrogens (tertiary/aromatic N) is 3. The van der Waals surface area contributed by atoms with Gasteiger partial charge in [-0.05, 0) is 61.7 Å². The number of anilines is 1. The van der Waals surface area contributed by atoms with Crippen LogP contribution in [-0.4, -0.2) is 53.5 Å². The number of benzene rings is 2. The Hall–Kier alpha value is -3.32. The third kappa shape index (κ3) is 3.84. The maximum absolute atomic E-state index is 13.4. The molecule has 6 nitrogen and oxygen atoms in total. The third-order valence-corrected chi connectivity index (χ3v) is 6.45. The summed E-state index contributed by atoms with van der Waals surface area (Å²) in [6, 6.07) is 15.3. The molecule has 3 heterocycles. The van der Waals surface area contributed by atoms with E-state index in [9.17, 15) is 14.0 Å². The number of aromatic nitrogens is 1. The van der Waals surface area contributed by atoms with Crippen LogP contribution in [-0.2, 0) is 9.53 Å². The van der Waals surface area contributed by atoms with Crippen molar-refractivity contribution in [3.8, 4) is 0 Å². The molecule has 3 aromatic rings. The number of pyridine rings is 1. The van der Waals surface area contributed by atoms with Crippen molar-refractivity contribution in [1.29, 1.82) is 0 Å². The molecule has 1 aromatic heterocycles. The van der Waals surface area contributed by atoms with Gasteiger partial charge in [0.1, 0.15) is 12.4 Å². The molecule has 2 aliphatic heterocycles. The third-order valence-electron chi connectivity index (χ3n) is 6.45. The van der Waals surface area contributed by atoms with Gasteiger partial charge in [-0.15, -0.1) is 0 Å². The zero-order chi connectivity index (χ0) is 22.1. The number of halogens is 1. The van der Waals surface area contributed by atoms with Crippen LogP contribution in [0.3, 0.4) is 0 Å². The zero-order valence-electron chi connectivity index (χ0n) is 17.7. The maximum atomic E-state index is 13.4. The molecular formula is C25H24FN3O3. The molecule has 0 aliphatic carbocycles. The van der Waals surface area contributed by atoms with Crippen molar-refractivity contribution in [3.05, 3.63) is 72.2 Å². The van der Waals surface area contributed by atoms with Gasteiger partial charge in [-0.25, -0.2) is 4.39 Å². The van der Waals surface area contributed by atoms with Crippen LogP contribution >= 0.6 is 0 Å². The fourth-order valence-corrected chi connectivity index (χ4v) is 4.70. The van der Waals surface area contributed by atoms with Gasteiger partial charge in [-0.3, -0.25) is 14.6 Å². The summed E-state index contributed by atoms with van der Waals surface area (Å²) in [6.07, 6.45) is 3.88. The Kier molecular flexibility index (Phi) is 5.35. The van der Waals surface area contributed by atoms with Crippen molar-refractivity contribution in [3.63, 3.8) is 0 Å². The second-order valence-electron chi connectivity index (χ2n) is 8.45. The quantitative estimate of drug-likeness (QED) is 0.617. The van der Waals surface area contributed by atoms with E-state index in [-0.39, 0.29) is 24.2 Å². The highest BCUT2D eigenvalue weighted by molar-refractivity contribution is 6.06. The van der Waals surface area contributed by atoms with Gasteiger partial charge < -0.3 is 14.5 Å². The van der Waals surface area contributed by atoms with Crippen molar-refractivity contribution in [2.24, 2.45) is 0 Å². The number of ether oxygens (including phenoxy) is 1. The number of morpholine rings is 1. The molecule has 1 atom stereocenters. The highest BCUT2D eigenvalue weighted by Crippen LogP contribution is 2.33. The normalized spacial score (nSPS) is 21.7. The summed E-state index contributed by atoms with van der Waals surface area (Å²) >= 11 is 0.